The lowest BCUT2D eigenvalue weighted by Gasteiger charge is -2.12. The minimum Gasteiger partial charge on any atom is -0.456 e. The highest BCUT2D eigenvalue weighted by molar-refractivity contribution is 9.10. The Morgan fingerprint density at radius 2 is 1.95 bits per heavy atom. The Hall–Kier alpha value is -1.36. The van der Waals surface area contributed by atoms with Crippen molar-refractivity contribution in [1.29, 1.82) is 0 Å². The van der Waals surface area contributed by atoms with Crippen LogP contribution in [-0.4, -0.2) is 18.8 Å². The average Bonchev–Trinajstić information content (AvgIpc) is 2.44. The Kier molecular flexibility index (Phi) is 5.59. The molecule has 20 heavy (non-hydrogen) atoms. The summed E-state index contributed by atoms with van der Waals surface area (Å²) in [5.41, 5.74) is 2.19. The second kappa shape index (κ2) is 7.43. The lowest BCUT2D eigenvalue weighted by molar-refractivity contribution is 0.298. The summed E-state index contributed by atoms with van der Waals surface area (Å²) in [5, 5.41) is 12.2. The van der Waals surface area contributed by atoms with Crippen molar-refractivity contribution in [3.05, 3.63) is 58.1 Å². The molecule has 0 radical (unpaired) electrons. The van der Waals surface area contributed by atoms with Gasteiger partial charge in [0.2, 0.25) is 0 Å². The van der Waals surface area contributed by atoms with Crippen LogP contribution in [0.3, 0.4) is 0 Å². The molecule has 0 saturated carbocycles. The van der Waals surface area contributed by atoms with Gasteiger partial charge in [0.25, 0.3) is 0 Å². The van der Waals surface area contributed by atoms with E-state index in [1.807, 2.05) is 49.5 Å². The van der Waals surface area contributed by atoms with E-state index in [-0.39, 0.29) is 6.61 Å². The molecule has 0 fully saturated rings. The Labute approximate surface area is 127 Å². The molecule has 106 valence electrons. The fourth-order valence-electron chi connectivity index (χ4n) is 1.99. The summed E-state index contributed by atoms with van der Waals surface area (Å²) in [4.78, 5) is 0. The molecule has 0 bridgehead atoms. The van der Waals surface area contributed by atoms with Gasteiger partial charge in [-0.05, 0) is 58.7 Å². The smallest absolute Gasteiger partial charge is 0.141 e. The molecule has 2 rings (SSSR count). The largest absolute Gasteiger partial charge is 0.456 e. The quantitative estimate of drug-likeness (QED) is 0.848. The summed E-state index contributed by atoms with van der Waals surface area (Å²) < 4.78 is 6.87. The van der Waals surface area contributed by atoms with Gasteiger partial charge >= 0.3 is 0 Å². The maximum Gasteiger partial charge on any atom is 0.141 e. The Bertz CT molecular complexity index is 572. The van der Waals surface area contributed by atoms with Crippen molar-refractivity contribution in [3.63, 3.8) is 0 Å². The second-order valence-corrected chi connectivity index (χ2v) is 5.33. The molecular weight excluding hydrogens is 318 g/mol. The van der Waals surface area contributed by atoms with E-state index in [9.17, 15) is 0 Å². The number of halogens is 1. The van der Waals surface area contributed by atoms with Crippen LogP contribution in [0.5, 0.6) is 11.5 Å². The number of hydrogen-bond donors (Lipinski definition) is 2. The van der Waals surface area contributed by atoms with Gasteiger partial charge in [0.1, 0.15) is 11.5 Å². The van der Waals surface area contributed by atoms with Gasteiger partial charge in [-0.25, -0.2) is 0 Å². The van der Waals surface area contributed by atoms with Crippen LogP contribution < -0.4 is 10.1 Å². The number of nitrogens with one attached hydrogen (secondary N) is 1. The summed E-state index contributed by atoms with van der Waals surface area (Å²) in [6.07, 6.45) is 0.589. The first-order valence-corrected chi connectivity index (χ1v) is 7.33. The SMILES string of the molecule is CNCc1ccc(Oc2ccccc2CCO)c(Br)c1. The van der Waals surface area contributed by atoms with Crippen LogP contribution in [0.15, 0.2) is 46.9 Å². The molecule has 0 heterocycles. The Morgan fingerprint density at radius 3 is 2.65 bits per heavy atom. The van der Waals surface area contributed by atoms with Gasteiger partial charge in [-0.3, -0.25) is 0 Å². The molecular formula is C16H18BrNO2. The monoisotopic (exact) mass is 335 g/mol. The van der Waals surface area contributed by atoms with Crippen molar-refractivity contribution >= 4 is 15.9 Å². The third-order valence-electron chi connectivity index (χ3n) is 2.95. The summed E-state index contributed by atoms with van der Waals surface area (Å²) in [5.74, 6) is 1.55. The number of aliphatic hydroxyl groups is 1. The Morgan fingerprint density at radius 1 is 1.15 bits per heavy atom. The molecule has 3 nitrogen and oxygen atoms in total. The van der Waals surface area contributed by atoms with Gasteiger partial charge in [0.05, 0.1) is 4.47 Å². The maximum atomic E-state index is 9.09. The van der Waals surface area contributed by atoms with Crippen molar-refractivity contribution < 1.29 is 9.84 Å². The van der Waals surface area contributed by atoms with Gasteiger partial charge in [-0.15, -0.1) is 0 Å². The van der Waals surface area contributed by atoms with Gasteiger partial charge in [0, 0.05) is 13.2 Å². The summed E-state index contributed by atoms with van der Waals surface area (Å²) in [6.45, 7) is 0.933. The molecule has 0 aliphatic rings. The molecule has 0 amide bonds. The van der Waals surface area contributed by atoms with Gasteiger partial charge in [-0.2, -0.15) is 0 Å². The zero-order valence-electron chi connectivity index (χ0n) is 11.4. The van der Waals surface area contributed by atoms with E-state index in [1.54, 1.807) is 0 Å². The highest BCUT2D eigenvalue weighted by atomic mass is 79.9. The number of ether oxygens (including phenoxy) is 1. The van der Waals surface area contributed by atoms with Crippen molar-refractivity contribution in [2.45, 2.75) is 13.0 Å². The fourth-order valence-corrected chi connectivity index (χ4v) is 2.50. The maximum absolute atomic E-state index is 9.09. The van der Waals surface area contributed by atoms with Crippen LogP contribution >= 0.6 is 15.9 Å². The fraction of sp³-hybridized carbons (Fsp3) is 0.250. The number of aliphatic hydroxyl groups excluding tert-OH is 1. The first-order valence-electron chi connectivity index (χ1n) is 6.54. The minimum atomic E-state index is 0.114. The highest BCUT2D eigenvalue weighted by Crippen LogP contribution is 2.32. The normalized spacial score (nSPS) is 10.6. The Balaban J connectivity index is 2.21. The van der Waals surface area contributed by atoms with Crippen LogP contribution in [0.1, 0.15) is 11.1 Å². The van der Waals surface area contributed by atoms with Crippen LogP contribution in [0, 0.1) is 0 Å². The van der Waals surface area contributed by atoms with Crippen molar-refractivity contribution in [2.75, 3.05) is 13.7 Å². The molecule has 4 heteroatoms. The number of para-hydroxylation sites is 1. The zero-order valence-corrected chi connectivity index (χ0v) is 13.0. The predicted molar refractivity (Wildman–Crippen MR) is 84.2 cm³/mol. The third kappa shape index (κ3) is 3.82. The molecule has 0 aliphatic heterocycles. The molecule has 2 N–H and O–H groups in total. The van der Waals surface area contributed by atoms with Crippen LogP contribution in [0.25, 0.3) is 0 Å². The van der Waals surface area contributed by atoms with Crippen molar-refractivity contribution in [3.8, 4) is 11.5 Å². The van der Waals surface area contributed by atoms with E-state index in [0.717, 1.165) is 28.1 Å². The first-order chi connectivity index (χ1) is 9.74. The summed E-state index contributed by atoms with van der Waals surface area (Å²) >= 11 is 3.54. The van der Waals surface area contributed by atoms with E-state index >= 15 is 0 Å². The predicted octanol–water partition coefficient (Wildman–Crippen LogP) is 3.50. The standard InChI is InChI=1S/C16H18BrNO2/c1-18-11-12-6-7-16(14(17)10-12)20-15-5-3-2-4-13(15)8-9-19/h2-7,10,18-19H,8-9,11H2,1H3. The highest BCUT2D eigenvalue weighted by Gasteiger charge is 2.07. The first kappa shape index (κ1) is 15.0. The van der Waals surface area contributed by atoms with Crippen LogP contribution in [0.2, 0.25) is 0 Å². The van der Waals surface area contributed by atoms with Crippen LogP contribution in [-0.2, 0) is 13.0 Å². The summed E-state index contributed by atoms with van der Waals surface area (Å²) in [7, 11) is 1.92. The number of hydrogen-bond acceptors (Lipinski definition) is 3. The van der Waals surface area contributed by atoms with E-state index in [2.05, 4.69) is 21.2 Å². The van der Waals surface area contributed by atoms with E-state index in [0.29, 0.717) is 6.42 Å². The van der Waals surface area contributed by atoms with Gasteiger partial charge in [-0.1, -0.05) is 24.3 Å². The molecule has 0 aromatic heterocycles. The van der Waals surface area contributed by atoms with Gasteiger partial charge in [0.15, 0.2) is 0 Å². The molecule has 2 aromatic carbocycles. The van der Waals surface area contributed by atoms with Crippen LogP contribution in [0.4, 0.5) is 0 Å². The summed E-state index contributed by atoms with van der Waals surface area (Å²) in [6, 6.07) is 13.8. The van der Waals surface area contributed by atoms with Crippen molar-refractivity contribution in [2.24, 2.45) is 0 Å². The van der Waals surface area contributed by atoms with E-state index < -0.39 is 0 Å². The molecule has 2 aromatic rings. The molecule has 0 unspecified atom stereocenters. The second-order valence-electron chi connectivity index (χ2n) is 4.48. The lowest BCUT2D eigenvalue weighted by atomic mass is 10.1. The van der Waals surface area contributed by atoms with Crippen molar-refractivity contribution in [1.82, 2.24) is 5.32 Å². The topological polar surface area (TPSA) is 41.5 Å². The average molecular weight is 336 g/mol. The number of benzene rings is 2. The third-order valence-corrected chi connectivity index (χ3v) is 3.57. The zero-order chi connectivity index (χ0) is 14.4. The van der Waals surface area contributed by atoms with Gasteiger partial charge < -0.3 is 15.2 Å². The molecule has 0 spiro atoms. The van der Waals surface area contributed by atoms with E-state index in [4.69, 9.17) is 9.84 Å². The molecule has 0 aliphatic carbocycles. The molecule has 0 atom stereocenters. The minimum absolute atomic E-state index is 0.114. The van der Waals surface area contributed by atoms with E-state index in [1.165, 1.54) is 5.56 Å². The molecule has 0 saturated heterocycles. The lowest BCUT2D eigenvalue weighted by Crippen LogP contribution is -2.04. The number of rotatable bonds is 6.